The van der Waals surface area contributed by atoms with Crippen LogP contribution in [0.1, 0.15) is 5.56 Å². The van der Waals surface area contributed by atoms with E-state index in [4.69, 9.17) is 9.57 Å². The third-order valence-corrected chi connectivity index (χ3v) is 1.69. The molecule has 0 radical (unpaired) electrons. The Kier molecular flexibility index (Phi) is 3.54. The van der Waals surface area contributed by atoms with E-state index in [0.717, 1.165) is 5.56 Å². The van der Waals surface area contributed by atoms with Crippen LogP contribution in [-0.4, -0.2) is 19.3 Å². The normalized spacial score (nSPS) is 10.0. The molecule has 2 N–H and O–H groups in total. The first kappa shape index (κ1) is 9.83. The van der Waals surface area contributed by atoms with E-state index in [1.807, 2.05) is 6.07 Å². The molecule has 0 saturated heterocycles. The second kappa shape index (κ2) is 4.69. The monoisotopic (exact) mass is 183 g/mol. The van der Waals surface area contributed by atoms with Crippen molar-refractivity contribution in [3.05, 3.63) is 23.8 Å². The Hall–Kier alpha value is -1.26. The average Bonchev–Trinajstić information content (AvgIpc) is 2.15. The Morgan fingerprint density at radius 2 is 2.15 bits per heavy atom. The zero-order valence-corrected chi connectivity index (χ0v) is 7.70. The van der Waals surface area contributed by atoms with E-state index in [-0.39, 0.29) is 5.75 Å². The van der Waals surface area contributed by atoms with Gasteiger partial charge in [-0.05, 0) is 6.07 Å². The van der Waals surface area contributed by atoms with Gasteiger partial charge in [-0.1, -0.05) is 12.1 Å². The van der Waals surface area contributed by atoms with Crippen LogP contribution in [0.3, 0.4) is 0 Å². The molecule has 13 heavy (non-hydrogen) atoms. The summed E-state index contributed by atoms with van der Waals surface area (Å²) in [6, 6.07) is 5.18. The third-order valence-electron chi connectivity index (χ3n) is 1.69. The van der Waals surface area contributed by atoms with Crippen molar-refractivity contribution < 1.29 is 14.7 Å². The van der Waals surface area contributed by atoms with Gasteiger partial charge in [0.1, 0.15) is 0 Å². The highest BCUT2D eigenvalue weighted by Crippen LogP contribution is 2.29. The number of hydrogen-bond donors (Lipinski definition) is 2. The molecule has 0 amide bonds. The van der Waals surface area contributed by atoms with Crippen LogP contribution < -0.4 is 10.2 Å². The fraction of sp³-hybridized carbons (Fsp3) is 0.333. The van der Waals surface area contributed by atoms with E-state index >= 15 is 0 Å². The van der Waals surface area contributed by atoms with Crippen molar-refractivity contribution in [2.45, 2.75) is 6.54 Å². The minimum atomic E-state index is 0.137. The quantitative estimate of drug-likeness (QED) is 0.685. The number of phenols is 1. The summed E-state index contributed by atoms with van der Waals surface area (Å²) in [6.07, 6.45) is 0. The number of benzene rings is 1. The summed E-state index contributed by atoms with van der Waals surface area (Å²) in [5.41, 5.74) is 3.53. The summed E-state index contributed by atoms with van der Waals surface area (Å²) in [7, 11) is 3.06. The molecule has 0 bridgehead atoms. The van der Waals surface area contributed by atoms with E-state index in [0.29, 0.717) is 12.3 Å². The summed E-state index contributed by atoms with van der Waals surface area (Å²) in [5.74, 6) is 0.616. The van der Waals surface area contributed by atoms with Crippen LogP contribution in [0.15, 0.2) is 18.2 Å². The molecule has 0 aliphatic rings. The molecule has 0 atom stereocenters. The molecule has 0 heterocycles. The molecular formula is C9H13NO3. The molecule has 4 heteroatoms. The molecule has 0 aliphatic carbocycles. The maximum atomic E-state index is 9.40. The molecule has 0 aliphatic heterocycles. The number of rotatable bonds is 4. The molecular weight excluding hydrogens is 170 g/mol. The van der Waals surface area contributed by atoms with Crippen molar-refractivity contribution in [3.8, 4) is 11.5 Å². The lowest BCUT2D eigenvalue weighted by molar-refractivity contribution is 0.0860. The minimum absolute atomic E-state index is 0.137. The van der Waals surface area contributed by atoms with Crippen molar-refractivity contribution >= 4 is 0 Å². The van der Waals surface area contributed by atoms with Crippen molar-refractivity contribution in [2.75, 3.05) is 14.2 Å². The molecule has 4 nitrogen and oxygen atoms in total. The number of ether oxygens (including phenoxy) is 1. The number of nitrogens with one attached hydrogen (secondary N) is 1. The Morgan fingerprint density at radius 1 is 1.38 bits per heavy atom. The predicted molar refractivity (Wildman–Crippen MR) is 48.5 cm³/mol. The first-order chi connectivity index (χ1) is 6.29. The second-order valence-corrected chi connectivity index (χ2v) is 2.49. The van der Waals surface area contributed by atoms with Gasteiger partial charge in [-0.3, -0.25) is 0 Å². The van der Waals surface area contributed by atoms with E-state index in [2.05, 4.69) is 5.48 Å². The lowest BCUT2D eigenvalue weighted by Gasteiger charge is -2.09. The highest BCUT2D eigenvalue weighted by molar-refractivity contribution is 5.45. The molecule has 0 unspecified atom stereocenters. The third kappa shape index (κ3) is 2.34. The van der Waals surface area contributed by atoms with Crippen molar-refractivity contribution in [1.82, 2.24) is 5.48 Å². The standard InChI is InChI=1S/C9H13NO3/c1-12-9-7(6-10-13-2)4-3-5-8(9)11/h3-5,10-11H,6H2,1-2H3. The van der Waals surface area contributed by atoms with Gasteiger partial charge in [0.15, 0.2) is 11.5 Å². The van der Waals surface area contributed by atoms with Gasteiger partial charge < -0.3 is 14.7 Å². The zero-order valence-electron chi connectivity index (χ0n) is 7.70. The molecule has 1 aromatic rings. The van der Waals surface area contributed by atoms with Gasteiger partial charge in [-0.15, -0.1) is 0 Å². The molecule has 1 rings (SSSR count). The van der Waals surface area contributed by atoms with Crippen LogP contribution >= 0.6 is 0 Å². The zero-order chi connectivity index (χ0) is 9.68. The van der Waals surface area contributed by atoms with Gasteiger partial charge in [-0.2, -0.15) is 5.48 Å². The van der Waals surface area contributed by atoms with Crippen molar-refractivity contribution in [3.63, 3.8) is 0 Å². The molecule has 0 saturated carbocycles. The maximum absolute atomic E-state index is 9.40. The number of aromatic hydroxyl groups is 1. The highest BCUT2D eigenvalue weighted by atomic mass is 16.6. The SMILES string of the molecule is CONCc1cccc(O)c1OC. The summed E-state index contributed by atoms with van der Waals surface area (Å²) in [5, 5.41) is 9.40. The smallest absolute Gasteiger partial charge is 0.165 e. The van der Waals surface area contributed by atoms with E-state index < -0.39 is 0 Å². The Bertz CT molecular complexity index is 276. The largest absolute Gasteiger partial charge is 0.504 e. The van der Waals surface area contributed by atoms with Gasteiger partial charge >= 0.3 is 0 Å². The first-order valence-corrected chi connectivity index (χ1v) is 3.90. The first-order valence-electron chi connectivity index (χ1n) is 3.90. The Labute approximate surface area is 77.1 Å². The number of hydroxylamine groups is 1. The topological polar surface area (TPSA) is 50.7 Å². The summed E-state index contributed by atoms with van der Waals surface area (Å²) < 4.78 is 5.03. The van der Waals surface area contributed by atoms with Gasteiger partial charge in [0.2, 0.25) is 0 Å². The number of methoxy groups -OCH3 is 1. The summed E-state index contributed by atoms with van der Waals surface area (Å²) in [6.45, 7) is 0.494. The number of para-hydroxylation sites is 1. The van der Waals surface area contributed by atoms with Crippen molar-refractivity contribution in [1.29, 1.82) is 0 Å². The predicted octanol–water partition coefficient (Wildman–Crippen LogP) is 1.05. The summed E-state index contributed by atoms with van der Waals surface area (Å²) in [4.78, 5) is 4.70. The molecule has 0 spiro atoms. The Morgan fingerprint density at radius 3 is 2.77 bits per heavy atom. The maximum Gasteiger partial charge on any atom is 0.165 e. The van der Waals surface area contributed by atoms with Crippen LogP contribution in [0.25, 0.3) is 0 Å². The van der Waals surface area contributed by atoms with E-state index in [1.165, 1.54) is 14.2 Å². The van der Waals surface area contributed by atoms with Crippen LogP contribution in [0.4, 0.5) is 0 Å². The lowest BCUT2D eigenvalue weighted by atomic mass is 10.2. The lowest BCUT2D eigenvalue weighted by Crippen LogP contribution is -2.11. The fourth-order valence-corrected chi connectivity index (χ4v) is 1.10. The summed E-state index contributed by atoms with van der Waals surface area (Å²) >= 11 is 0. The highest BCUT2D eigenvalue weighted by Gasteiger charge is 2.06. The van der Waals surface area contributed by atoms with Gasteiger partial charge in [0.25, 0.3) is 0 Å². The average molecular weight is 183 g/mol. The Balaban J connectivity index is 2.85. The van der Waals surface area contributed by atoms with Gasteiger partial charge in [-0.25, -0.2) is 0 Å². The molecule has 0 fully saturated rings. The van der Waals surface area contributed by atoms with Gasteiger partial charge in [0, 0.05) is 12.1 Å². The van der Waals surface area contributed by atoms with Crippen LogP contribution in [0.5, 0.6) is 11.5 Å². The minimum Gasteiger partial charge on any atom is -0.504 e. The molecule has 0 aromatic heterocycles. The number of phenolic OH excluding ortho intramolecular Hbond substituents is 1. The van der Waals surface area contributed by atoms with Crippen LogP contribution in [0, 0.1) is 0 Å². The molecule has 1 aromatic carbocycles. The number of hydrogen-bond acceptors (Lipinski definition) is 4. The second-order valence-electron chi connectivity index (χ2n) is 2.49. The fourth-order valence-electron chi connectivity index (χ4n) is 1.10. The molecule has 72 valence electrons. The van der Waals surface area contributed by atoms with Crippen LogP contribution in [-0.2, 0) is 11.4 Å². The van der Waals surface area contributed by atoms with Crippen molar-refractivity contribution in [2.24, 2.45) is 0 Å². The van der Waals surface area contributed by atoms with Crippen LogP contribution in [0.2, 0.25) is 0 Å². The van der Waals surface area contributed by atoms with E-state index in [1.54, 1.807) is 12.1 Å². The van der Waals surface area contributed by atoms with Gasteiger partial charge in [0.05, 0.1) is 14.2 Å². The van der Waals surface area contributed by atoms with E-state index in [9.17, 15) is 5.11 Å².